The molecule has 0 aromatic heterocycles. The molecule has 6 unspecified atom stereocenters. The number of hydrogen-bond donors (Lipinski definition) is 1. The van der Waals surface area contributed by atoms with Crippen molar-refractivity contribution in [1.82, 2.24) is 4.90 Å². The summed E-state index contributed by atoms with van der Waals surface area (Å²) in [4.78, 5) is 15.9. The summed E-state index contributed by atoms with van der Waals surface area (Å²) >= 11 is 0. The molecular weight excluding hydrogens is 356 g/mol. The van der Waals surface area contributed by atoms with Gasteiger partial charge < -0.3 is 19.5 Å². The number of carbonyl (C=O) groups excluding carboxylic acids is 1. The van der Waals surface area contributed by atoms with Crippen LogP contribution in [0.4, 0.5) is 5.69 Å². The third kappa shape index (κ3) is 1.42. The van der Waals surface area contributed by atoms with Gasteiger partial charge in [0.15, 0.2) is 5.72 Å². The molecule has 2 saturated heterocycles. The lowest BCUT2D eigenvalue weighted by Crippen LogP contribution is -2.78. The molecule has 4 heterocycles. The number of nitrogens with one attached hydrogen (secondary N) is 1. The first kappa shape index (κ1) is 17.0. The number of anilines is 1. The highest BCUT2D eigenvalue weighted by Crippen LogP contribution is 2.73. The normalized spacial score (nSPS) is 47.2. The Morgan fingerprint density at radius 2 is 2.14 bits per heavy atom. The van der Waals surface area contributed by atoms with E-state index in [2.05, 4.69) is 47.5 Å². The third-order valence-electron chi connectivity index (χ3n) is 8.33. The van der Waals surface area contributed by atoms with E-state index in [1.807, 2.05) is 6.07 Å². The van der Waals surface area contributed by atoms with Gasteiger partial charge in [-0.3, -0.25) is 4.90 Å². The van der Waals surface area contributed by atoms with Crippen molar-refractivity contribution in [2.24, 2.45) is 5.41 Å². The predicted octanol–water partition coefficient (Wildman–Crippen LogP) is 2.06. The number of fused-ring (bicyclic) bond motifs is 3. The summed E-state index contributed by atoms with van der Waals surface area (Å²) in [7, 11) is 3.14. The van der Waals surface area contributed by atoms with E-state index in [-0.39, 0.29) is 28.9 Å². The van der Waals surface area contributed by atoms with Crippen molar-refractivity contribution in [2.45, 2.75) is 48.7 Å². The second-order valence-electron chi connectivity index (χ2n) is 8.94. The van der Waals surface area contributed by atoms with Crippen LogP contribution in [0.3, 0.4) is 0 Å². The quantitative estimate of drug-likeness (QED) is 0.624. The fourth-order valence-corrected chi connectivity index (χ4v) is 7.55. The minimum atomic E-state index is -1.21. The Kier molecular flexibility index (Phi) is 3.03. The van der Waals surface area contributed by atoms with Crippen LogP contribution in [0.15, 0.2) is 36.4 Å². The summed E-state index contributed by atoms with van der Waals surface area (Å²) < 4.78 is 18.4. The zero-order valence-electron chi connectivity index (χ0n) is 16.5. The highest BCUT2D eigenvalue weighted by atomic mass is 16.6. The van der Waals surface area contributed by atoms with Gasteiger partial charge in [-0.15, -0.1) is 0 Å². The average molecular weight is 382 g/mol. The lowest BCUT2D eigenvalue weighted by molar-refractivity contribution is -0.225. The van der Waals surface area contributed by atoms with Crippen LogP contribution in [0.1, 0.15) is 25.3 Å². The lowest BCUT2D eigenvalue weighted by Gasteiger charge is -2.60. The molecule has 148 valence electrons. The Hall–Kier alpha value is -1.89. The van der Waals surface area contributed by atoms with Gasteiger partial charge in [-0.05, 0) is 31.5 Å². The highest BCUT2D eigenvalue weighted by Gasteiger charge is 2.87. The van der Waals surface area contributed by atoms with Crippen molar-refractivity contribution in [3.63, 3.8) is 0 Å². The second-order valence-corrected chi connectivity index (χ2v) is 8.94. The Morgan fingerprint density at radius 1 is 1.32 bits per heavy atom. The molecule has 6 atom stereocenters. The van der Waals surface area contributed by atoms with Gasteiger partial charge in [0.25, 0.3) is 0 Å². The van der Waals surface area contributed by atoms with Crippen molar-refractivity contribution in [3.8, 4) is 0 Å². The van der Waals surface area contributed by atoms with Gasteiger partial charge in [-0.2, -0.15) is 0 Å². The summed E-state index contributed by atoms with van der Waals surface area (Å²) in [6, 6.07) is 8.59. The lowest BCUT2D eigenvalue weighted by atomic mass is 9.49. The molecule has 0 radical (unpaired) electrons. The van der Waals surface area contributed by atoms with E-state index in [4.69, 9.17) is 14.2 Å². The van der Waals surface area contributed by atoms with Crippen LogP contribution < -0.4 is 5.32 Å². The van der Waals surface area contributed by atoms with Crippen LogP contribution in [0.5, 0.6) is 0 Å². The average Bonchev–Trinajstić information content (AvgIpc) is 3.34. The number of hydrogen-bond acceptors (Lipinski definition) is 6. The molecule has 1 N–H and O–H groups in total. The van der Waals surface area contributed by atoms with Crippen LogP contribution in [0.25, 0.3) is 0 Å². The van der Waals surface area contributed by atoms with E-state index in [9.17, 15) is 4.79 Å². The molecule has 1 aliphatic carbocycles. The van der Waals surface area contributed by atoms with Gasteiger partial charge >= 0.3 is 5.97 Å². The van der Waals surface area contributed by atoms with Gasteiger partial charge in [-0.1, -0.05) is 30.4 Å². The van der Waals surface area contributed by atoms with Crippen LogP contribution in [0.2, 0.25) is 0 Å². The summed E-state index contributed by atoms with van der Waals surface area (Å²) in [6.07, 6.45) is 5.92. The van der Waals surface area contributed by atoms with Crippen molar-refractivity contribution < 1.29 is 19.0 Å². The van der Waals surface area contributed by atoms with Gasteiger partial charge in [0, 0.05) is 37.2 Å². The first-order chi connectivity index (χ1) is 13.5. The van der Waals surface area contributed by atoms with Crippen molar-refractivity contribution in [2.75, 3.05) is 32.6 Å². The number of methoxy groups -OCH3 is 2. The molecular formula is C22H26N2O4. The van der Waals surface area contributed by atoms with E-state index in [0.717, 1.165) is 25.2 Å². The third-order valence-corrected chi connectivity index (χ3v) is 8.33. The van der Waals surface area contributed by atoms with Gasteiger partial charge in [0.2, 0.25) is 5.60 Å². The number of esters is 1. The molecule has 1 aromatic carbocycles. The van der Waals surface area contributed by atoms with E-state index in [1.165, 1.54) is 12.7 Å². The maximum Gasteiger partial charge on any atom is 0.343 e. The largest absolute Gasteiger partial charge is 0.467 e. The predicted molar refractivity (Wildman–Crippen MR) is 103 cm³/mol. The van der Waals surface area contributed by atoms with Gasteiger partial charge in [0.05, 0.1) is 18.6 Å². The monoisotopic (exact) mass is 382 g/mol. The topological polar surface area (TPSA) is 60.0 Å². The SMILES string of the molecule is COC(=O)C12CC3(C=CCN4CCC5(c6ccccc6NC15OC)C43)C(C)O2. The molecule has 6 heteroatoms. The number of nitrogens with zero attached hydrogens (tertiary/aromatic N) is 1. The number of ether oxygens (including phenoxy) is 3. The number of rotatable bonds is 2. The Labute approximate surface area is 164 Å². The van der Waals surface area contributed by atoms with E-state index >= 15 is 0 Å². The summed E-state index contributed by atoms with van der Waals surface area (Å²) in [6.45, 7) is 4.00. The highest BCUT2D eigenvalue weighted by molar-refractivity contribution is 5.87. The molecule has 28 heavy (non-hydrogen) atoms. The summed E-state index contributed by atoms with van der Waals surface area (Å²) in [5, 5.41) is 3.65. The Balaban J connectivity index is 1.74. The van der Waals surface area contributed by atoms with E-state index in [0.29, 0.717) is 6.42 Å². The first-order valence-electron chi connectivity index (χ1n) is 10.1. The second kappa shape index (κ2) is 4.99. The van der Waals surface area contributed by atoms with Crippen molar-refractivity contribution in [3.05, 3.63) is 42.0 Å². The van der Waals surface area contributed by atoms with Crippen molar-refractivity contribution >= 4 is 11.7 Å². The molecule has 3 fully saturated rings. The maximum atomic E-state index is 13.4. The Morgan fingerprint density at radius 3 is 2.93 bits per heavy atom. The fraction of sp³-hybridized carbons (Fsp3) is 0.591. The molecule has 6 nitrogen and oxygen atoms in total. The molecule has 1 aromatic rings. The van der Waals surface area contributed by atoms with Crippen molar-refractivity contribution in [1.29, 1.82) is 0 Å². The molecule has 5 aliphatic rings. The van der Waals surface area contributed by atoms with Gasteiger partial charge in [-0.25, -0.2) is 4.79 Å². The summed E-state index contributed by atoms with van der Waals surface area (Å²) in [5.41, 5.74) is -0.582. The minimum absolute atomic E-state index is 0.114. The number of benzene rings is 1. The zero-order valence-corrected chi connectivity index (χ0v) is 16.5. The molecule has 2 bridgehead atoms. The molecule has 0 amide bonds. The first-order valence-corrected chi connectivity index (χ1v) is 10.1. The summed E-state index contributed by atoms with van der Waals surface area (Å²) in [5.74, 6) is -0.353. The van der Waals surface area contributed by atoms with Crippen LogP contribution in [-0.2, 0) is 24.4 Å². The standard InChI is InChI=1S/C22H26N2O4/c1-14-19-9-6-11-24-12-10-20(17(19)24)15-7-4-5-8-16(15)23-22(20,27-3)21(13-19,28-14)18(25)26-2/h4-9,14,17,23H,10-13H2,1-3H3. The van der Waals surface area contributed by atoms with Crippen LogP contribution in [0, 0.1) is 5.41 Å². The maximum absolute atomic E-state index is 13.4. The Bertz CT molecular complexity index is 918. The van der Waals surface area contributed by atoms with Gasteiger partial charge in [0.1, 0.15) is 0 Å². The smallest absolute Gasteiger partial charge is 0.343 e. The van der Waals surface area contributed by atoms with E-state index in [1.54, 1.807) is 7.11 Å². The number of carbonyl (C=O) groups is 1. The minimum Gasteiger partial charge on any atom is -0.467 e. The molecule has 2 spiro atoms. The molecule has 6 rings (SSSR count). The fourth-order valence-electron chi connectivity index (χ4n) is 7.55. The van der Waals surface area contributed by atoms with E-state index < -0.39 is 11.3 Å². The van der Waals surface area contributed by atoms with Crippen LogP contribution >= 0.6 is 0 Å². The zero-order chi connectivity index (χ0) is 19.4. The molecule has 1 saturated carbocycles. The van der Waals surface area contributed by atoms with Crippen LogP contribution in [-0.4, -0.2) is 61.7 Å². The molecule has 4 aliphatic heterocycles. The number of para-hydroxylation sites is 1.